The molecule has 1 heterocycles. The van der Waals surface area contributed by atoms with Crippen molar-refractivity contribution in [1.29, 1.82) is 0 Å². The van der Waals surface area contributed by atoms with Crippen molar-refractivity contribution in [2.24, 2.45) is 4.99 Å². The number of aromatic nitrogens is 1. The average Bonchev–Trinajstić information content (AvgIpc) is 3.13. The molecule has 0 amide bonds. The van der Waals surface area contributed by atoms with Crippen LogP contribution in [0, 0.1) is 0 Å². The summed E-state index contributed by atoms with van der Waals surface area (Å²) in [6, 6.07) is 5.12. The Kier molecular flexibility index (Phi) is 12.5. The zero-order chi connectivity index (χ0) is 21.2. The molecule has 0 radical (unpaired) electrons. The maximum Gasteiger partial charge on any atom is 0.191 e. The van der Waals surface area contributed by atoms with Crippen LogP contribution >= 0.6 is 47.2 Å². The van der Waals surface area contributed by atoms with Gasteiger partial charge in [-0.15, -0.1) is 24.0 Å². The molecule has 1 atom stereocenters. The molecule has 0 aliphatic rings. The third kappa shape index (κ3) is 7.79. The average molecular weight is 571 g/mol. The van der Waals surface area contributed by atoms with E-state index >= 15 is 0 Å². The molecule has 0 spiro atoms. The molecule has 1 aromatic heterocycles. The van der Waals surface area contributed by atoms with E-state index in [4.69, 9.17) is 32.5 Å². The number of rotatable bonds is 10. The number of ether oxygens (including phenoxy) is 1. The van der Waals surface area contributed by atoms with Gasteiger partial charge in [0.15, 0.2) is 5.96 Å². The van der Waals surface area contributed by atoms with Gasteiger partial charge in [0.2, 0.25) is 0 Å². The quantitative estimate of drug-likeness (QED) is 0.225. The molecular formula is C20H29Cl2IN4O3. The molecule has 2 rings (SSSR count). The molecule has 10 heteroatoms. The Balaban J connectivity index is 0.00000450. The first-order valence-electron chi connectivity index (χ1n) is 9.73. The smallest absolute Gasteiger partial charge is 0.191 e. The molecule has 3 N–H and O–H groups in total. The summed E-state index contributed by atoms with van der Waals surface area (Å²) in [5.41, 5.74) is 1.94. The number of aryl methyl sites for hydroxylation is 2. The van der Waals surface area contributed by atoms with E-state index in [0.29, 0.717) is 34.8 Å². The lowest BCUT2D eigenvalue weighted by molar-refractivity contribution is 0.110. The molecule has 0 bridgehead atoms. The van der Waals surface area contributed by atoms with E-state index in [2.05, 4.69) is 20.8 Å². The third-order valence-electron chi connectivity index (χ3n) is 4.20. The summed E-state index contributed by atoms with van der Waals surface area (Å²) in [4.78, 5) is 4.59. The minimum atomic E-state index is -0.762. The van der Waals surface area contributed by atoms with Gasteiger partial charge in [-0.1, -0.05) is 48.3 Å². The molecule has 0 aliphatic heterocycles. The zero-order valence-electron chi connectivity index (χ0n) is 17.4. The summed E-state index contributed by atoms with van der Waals surface area (Å²) in [7, 11) is 0. The van der Waals surface area contributed by atoms with Crippen LogP contribution in [0.2, 0.25) is 10.0 Å². The molecule has 0 saturated carbocycles. The highest BCUT2D eigenvalue weighted by atomic mass is 127. The molecule has 168 valence electrons. The Morgan fingerprint density at radius 1 is 1.23 bits per heavy atom. The minimum absolute atomic E-state index is 0. The van der Waals surface area contributed by atoms with E-state index in [1.165, 1.54) is 0 Å². The second-order valence-corrected chi connectivity index (χ2v) is 7.12. The molecule has 7 nitrogen and oxygen atoms in total. The molecule has 30 heavy (non-hydrogen) atoms. The van der Waals surface area contributed by atoms with Crippen molar-refractivity contribution in [2.45, 2.75) is 46.3 Å². The molecule has 1 aromatic carbocycles. The molecule has 1 unspecified atom stereocenters. The number of halogens is 3. The monoisotopic (exact) mass is 570 g/mol. The van der Waals surface area contributed by atoms with Crippen LogP contribution in [0.1, 0.15) is 37.8 Å². The van der Waals surface area contributed by atoms with Gasteiger partial charge < -0.3 is 25.0 Å². The van der Waals surface area contributed by atoms with Crippen molar-refractivity contribution >= 4 is 53.1 Å². The van der Waals surface area contributed by atoms with Gasteiger partial charge in [-0.2, -0.15) is 0 Å². The Morgan fingerprint density at radius 3 is 2.67 bits per heavy atom. The van der Waals surface area contributed by atoms with Gasteiger partial charge in [0.05, 0.1) is 17.3 Å². The van der Waals surface area contributed by atoms with E-state index in [9.17, 15) is 5.11 Å². The number of hydrogen-bond donors (Lipinski definition) is 3. The minimum Gasteiger partial charge on any atom is -0.489 e. The topological polar surface area (TPSA) is 91.9 Å². The predicted octanol–water partition coefficient (Wildman–Crippen LogP) is 4.22. The van der Waals surface area contributed by atoms with Gasteiger partial charge in [0, 0.05) is 25.1 Å². The number of nitrogens with zero attached hydrogens (tertiary/aromatic N) is 2. The van der Waals surface area contributed by atoms with Crippen molar-refractivity contribution in [3.05, 3.63) is 45.3 Å². The van der Waals surface area contributed by atoms with Crippen LogP contribution in [-0.2, 0) is 19.4 Å². The number of benzene rings is 1. The molecule has 0 aliphatic carbocycles. The SMILES string of the molecule is CCNC(=NCc1c(CC)noc1CC)NCC(O)COc1cccc(Cl)c1Cl.I. The van der Waals surface area contributed by atoms with Gasteiger partial charge in [-0.25, -0.2) is 4.99 Å². The summed E-state index contributed by atoms with van der Waals surface area (Å²) < 4.78 is 10.9. The van der Waals surface area contributed by atoms with Gasteiger partial charge >= 0.3 is 0 Å². The fraction of sp³-hybridized carbons (Fsp3) is 0.500. The summed E-state index contributed by atoms with van der Waals surface area (Å²) >= 11 is 12.1. The van der Waals surface area contributed by atoms with Crippen LogP contribution < -0.4 is 15.4 Å². The lowest BCUT2D eigenvalue weighted by Gasteiger charge is -2.16. The number of guanidine groups is 1. The van der Waals surface area contributed by atoms with Gasteiger partial charge in [0.25, 0.3) is 0 Å². The Bertz CT molecular complexity index is 796. The highest BCUT2D eigenvalue weighted by Gasteiger charge is 2.14. The lowest BCUT2D eigenvalue weighted by atomic mass is 10.1. The van der Waals surface area contributed by atoms with Crippen LogP contribution in [0.5, 0.6) is 5.75 Å². The second kappa shape index (κ2) is 14.0. The van der Waals surface area contributed by atoms with Crippen molar-refractivity contribution in [2.75, 3.05) is 19.7 Å². The van der Waals surface area contributed by atoms with E-state index in [0.717, 1.165) is 29.9 Å². The first-order valence-corrected chi connectivity index (χ1v) is 10.5. The van der Waals surface area contributed by atoms with Crippen molar-refractivity contribution in [3.63, 3.8) is 0 Å². The van der Waals surface area contributed by atoms with Crippen LogP contribution in [0.4, 0.5) is 0 Å². The van der Waals surface area contributed by atoms with E-state index in [-0.39, 0.29) is 37.1 Å². The highest BCUT2D eigenvalue weighted by molar-refractivity contribution is 14.0. The van der Waals surface area contributed by atoms with E-state index in [1.807, 2.05) is 20.8 Å². The normalized spacial score (nSPS) is 12.3. The molecule has 2 aromatic rings. The zero-order valence-corrected chi connectivity index (χ0v) is 21.2. The van der Waals surface area contributed by atoms with Gasteiger partial charge in [-0.3, -0.25) is 0 Å². The Morgan fingerprint density at radius 2 is 2.00 bits per heavy atom. The number of hydrogen-bond acceptors (Lipinski definition) is 5. The Hall–Kier alpha value is -1.23. The first-order chi connectivity index (χ1) is 14.0. The predicted molar refractivity (Wildman–Crippen MR) is 131 cm³/mol. The fourth-order valence-electron chi connectivity index (χ4n) is 2.67. The molecular weight excluding hydrogens is 542 g/mol. The largest absolute Gasteiger partial charge is 0.489 e. The number of aliphatic hydroxyl groups excluding tert-OH is 1. The standard InChI is InChI=1S/C20H28Cl2N4O3.HI/c1-4-16-14(17(5-2)29-26-16)11-25-20(23-6-3)24-10-13(27)12-28-18-9-7-8-15(21)19(18)22;/h7-9,13,27H,4-6,10-12H2,1-3H3,(H2,23,24,25);1H. The van der Waals surface area contributed by atoms with Gasteiger partial charge in [-0.05, 0) is 25.5 Å². The maximum absolute atomic E-state index is 10.2. The van der Waals surface area contributed by atoms with Crippen molar-refractivity contribution < 1.29 is 14.4 Å². The summed E-state index contributed by atoms with van der Waals surface area (Å²) in [5.74, 6) is 1.89. The fourth-order valence-corrected chi connectivity index (χ4v) is 3.02. The molecule has 0 fully saturated rings. The number of nitrogens with one attached hydrogen (secondary N) is 2. The summed E-state index contributed by atoms with van der Waals surface area (Å²) in [5, 5.41) is 21.4. The van der Waals surface area contributed by atoms with Crippen molar-refractivity contribution in [1.82, 2.24) is 15.8 Å². The Labute approximate surface area is 204 Å². The van der Waals surface area contributed by atoms with Crippen LogP contribution in [0.3, 0.4) is 0 Å². The second-order valence-electron chi connectivity index (χ2n) is 6.33. The summed E-state index contributed by atoms with van der Waals surface area (Å²) in [6.07, 6.45) is 0.798. The third-order valence-corrected chi connectivity index (χ3v) is 5.00. The summed E-state index contributed by atoms with van der Waals surface area (Å²) in [6.45, 7) is 7.52. The molecule has 0 saturated heterocycles. The van der Waals surface area contributed by atoms with Gasteiger partial charge in [0.1, 0.15) is 29.2 Å². The van der Waals surface area contributed by atoms with Crippen LogP contribution in [-0.4, -0.2) is 42.0 Å². The van der Waals surface area contributed by atoms with Crippen LogP contribution in [0.15, 0.2) is 27.7 Å². The van der Waals surface area contributed by atoms with Crippen LogP contribution in [0.25, 0.3) is 0 Å². The number of aliphatic imine (C=N–C) groups is 1. The van der Waals surface area contributed by atoms with E-state index in [1.54, 1.807) is 18.2 Å². The maximum atomic E-state index is 10.2. The van der Waals surface area contributed by atoms with E-state index < -0.39 is 6.10 Å². The number of aliphatic hydroxyl groups is 1. The van der Waals surface area contributed by atoms with Crippen molar-refractivity contribution in [3.8, 4) is 5.75 Å². The lowest BCUT2D eigenvalue weighted by Crippen LogP contribution is -2.42. The first kappa shape index (κ1) is 26.8. The highest BCUT2D eigenvalue weighted by Crippen LogP contribution is 2.31.